The highest BCUT2D eigenvalue weighted by molar-refractivity contribution is 8.18. The number of amides is 2. The largest absolute Gasteiger partial charge is 0.482 e. The summed E-state index contributed by atoms with van der Waals surface area (Å²) >= 11 is 1.25. The van der Waals surface area contributed by atoms with Crippen molar-refractivity contribution in [2.24, 2.45) is 4.99 Å². The molecule has 0 bridgehead atoms. The minimum Gasteiger partial charge on any atom is -0.482 e. The molecule has 2 amide bonds. The molecule has 0 atom stereocenters. The van der Waals surface area contributed by atoms with Crippen molar-refractivity contribution in [3.05, 3.63) is 64.6 Å². The molecular weight excluding hydrogens is 482 g/mol. The molecule has 2 heterocycles. The molecule has 0 radical (unpaired) electrons. The summed E-state index contributed by atoms with van der Waals surface area (Å²) < 4.78 is 15.7. The van der Waals surface area contributed by atoms with Crippen molar-refractivity contribution in [1.82, 2.24) is 9.80 Å². The number of thioether (sulfide) groups is 1. The van der Waals surface area contributed by atoms with Gasteiger partial charge >= 0.3 is 5.97 Å². The normalized spacial score (nSPS) is 18.1. The zero-order valence-corrected chi connectivity index (χ0v) is 21.0. The van der Waals surface area contributed by atoms with Crippen molar-refractivity contribution in [3.63, 3.8) is 0 Å². The van der Waals surface area contributed by atoms with Crippen molar-refractivity contribution in [1.29, 1.82) is 0 Å². The number of amidine groups is 1. The van der Waals surface area contributed by atoms with Gasteiger partial charge in [0.05, 0.1) is 30.4 Å². The summed E-state index contributed by atoms with van der Waals surface area (Å²) in [6, 6.07) is 14.2. The molecule has 188 valence electrons. The van der Waals surface area contributed by atoms with Gasteiger partial charge in [0.1, 0.15) is 5.75 Å². The van der Waals surface area contributed by atoms with E-state index in [4.69, 9.17) is 14.2 Å². The molecule has 2 saturated heterocycles. The molecule has 2 aromatic rings. The zero-order valence-electron chi connectivity index (χ0n) is 20.1. The summed E-state index contributed by atoms with van der Waals surface area (Å²) in [5, 5.41) is 0.511. The lowest BCUT2D eigenvalue weighted by Gasteiger charge is -2.26. The highest BCUT2D eigenvalue weighted by Gasteiger charge is 2.30. The lowest BCUT2D eigenvalue weighted by atomic mass is 10.1. The third kappa shape index (κ3) is 6.32. The number of nitrogens with zero attached hydrogens (tertiary/aromatic N) is 3. The van der Waals surface area contributed by atoms with Gasteiger partial charge in [0, 0.05) is 25.7 Å². The Morgan fingerprint density at radius 1 is 1.14 bits per heavy atom. The summed E-state index contributed by atoms with van der Waals surface area (Å²) in [5.41, 5.74) is 1.89. The van der Waals surface area contributed by atoms with Crippen molar-refractivity contribution >= 4 is 46.5 Å². The van der Waals surface area contributed by atoms with Crippen molar-refractivity contribution in [3.8, 4) is 5.75 Å². The maximum atomic E-state index is 12.9. The Hall–Kier alpha value is -3.63. The Morgan fingerprint density at radius 3 is 2.69 bits per heavy atom. The Labute approximate surface area is 213 Å². The van der Waals surface area contributed by atoms with Gasteiger partial charge in [-0.1, -0.05) is 18.2 Å². The van der Waals surface area contributed by atoms with E-state index in [0.717, 1.165) is 5.56 Å². The maximum absolute atomic E-state index is 12.9. The molecule has 2 aliphatic heterocycles. The Kier molecular flexibility index (Phi) is 8.40. The first-order valence-corrected chi connectivity index (χ1v) is 12.4. The van der Waals surface area contributed by atoms with E-state index in [1.165, 1.54) is 16.7 Å². The van der Waals surface area contributed by atoms with Gasteiger partial charge in [-0.3, -0.25) is 14.5 Å². The molecular formula is C26H27N3O6S. The SMILES string of the molecule is CCOC(=O)COc1cccc(/C=C2/SC(=Nc3cccc(C(=O)N4CCOCC4)c3)N(C)C2=O)c1. The molecule has 9 nitrogen and oxygen atoms in total. The Bertz CT molecular complexity index is 1210. The maximum Gasteiger partial charge on any atom is 0.344 e. The second-order valence-corrected chi connectivity index (χ2v) is 9.00. The fraction of sp³-hybridized carbons (Fsp3) is 0.308. The van der Waals surface area contributed by atoms with Gasteiger partial charge in [-0.15, -0.1) is 0 Å². The van der Waals surface area contributed by atoms with Crippen LogP contribution in [0.25, 0.3) is 6.08 Å². The van der Waals surface area contributed by atoms with Crippen molar-refractivity contribution in [2.75, 3.05) is 46.6 Å². The van der Waals surface area contributed by atoms with Crippen LogP contribution in [0.1, 0.15) is 22.8 Å². The summed E-state index contributed by atoms with van der Waals surface area (Å²) in [4.78, 5) is 45.6. The van der Waals surface area contributed by atoms with Crippen molar-refractivity contribution in [2.45, 2.75) is 6.92 Å². The topological polar surface area (TPSA) is 97.7 Å². The number of morpholine rings is 1. The number of hydrogen-bond acceptors (Lipinski definition) is 8. The first-order chi connectivity index (χ1) is 17.4. The molecule has 0 unspecified atom stereocenters. The van der Waals surface area contributed by atoms with Gasteiger partial charge in [-0.05, 0) is 60.7 Å². The third-order valence-electron chi connectivity index (χ3n) is 5.44. The van der Waals surface area contributed by atoms with Crippen LogP contribution < -0.4 is 4.74 Å². The Morgan fingerprint density at radius 2 is 1.92 bits per heavy atom. The van der Waals surface area contributed by atoms with E-state index >= 15 is 0 Å². The monoisotopic (exact) mass is 509 g/mol. The summed E-state index contributed by atoms with van der Waals surface area (Å²) in [6.07, 6.45) is 1.75. The van der Waals surface area contributed by atoms with Crippen LogP contribution in [-0.2, 0) is 19.1 Å². The van der Waals surface area contributed by atoms with Gasteiger partial charge < -0.3 is 19.1 Å². The molecule has 0 spiro atoms. The van der Waals surface area contributed by atoms with Gasteiger partial charge in [0.25, 0.3) is 11.8 Å². The first kappa shape index (κ1) is 25.5. The number of carbonyl (C=O) groups excluding carboxylic acids is 3. The highest BCUT2D eigenvalue weighted by atomic mass is 32.2. The van der Waals surface area contributed by atoms with E-state index in [2.05, 4.69) is 4.99 Å². The summed E-state index contributed by atoms with van der Waals surface area (Å²) in [7, 11) is 1.66. The average Bonchev–Trinajstić information content (AvgIpc) is 3.15. The van der Waals surface area contributed by atoms with Crippen LogP contribution in [0.5, 0.6) is 5.75 Å². The number of hydrogen-bond donors (Lipinski definition) is 0. The van der Waals surface area contributed by atoms with Crippen molar-refractivity contribution < 1.29 is 28.6 Å². The van der Waals surface area contributed by atoms with Gasteiger partial charge in [-0.2, -0.15) is 0 Å². The number of benzene rings is 2. The van der Waals surface area contributed by atoms with E-state index in [1.54, 1.807) is 67.4 Å². The smallest absolute Gasteiger partial charge is 0.344 e. The molecule has 2 aromatic carbocycles. The molecule has 0 N–H and O–H groups in total. The average molecular weight is 510 g/mol. The molecule has 0 saturated carbocycles. The second kappa shape index (κ2) is 11.9. The van der Waals surface area contributed by atoms with Crippen LogP contribution in [0, 0.1) is 0 Å². The molecule has 4 rings (SSSR count). The number of ether oxygens (including phenoxy) is 3. The molecule has 10 heteroatoms. The van der Waals surface area contributed by atoms with E-state index in [0.29, 0.717) is 60.0 Å². The zero-order chi connectivity index (χ0) is 25.5. The van der Waals surface area contributed by atoms with E-state index in [9.17, 15) is 14.4 Å². The number of rotatable bonds is 7. The number of likely N-dealkylation sites (N-methyl/N-ethyl adjacent to an activating group) is 1. The molecule has 0 aromatic heterocycles. The Balaban J connectivity index is 1.48. The van der Waals surface area contributed by atoms with Gasteiger partial charge in [-0.25, -0.2) is 9.79 Å². The van der Waals surface area contributed by atoms with Gasteiger partial charge in [0.2, 0.25) is 0 Å². The summed E-state index contributed by atoms with van der Waals surface area (Å²) in [5.74, 6) is -0.190. The van der Waals surface area contributed by atoms with E-state index in [-0.39, 0.29) is 18.4 Å². The van der Waals surface area contributed by atoms with Crippen LogP contribution in [0.4, 0.5) is 5.69 Å². The predicted molar refractivity (Wildman–Crippen MR) is 137 cm³/mol. The minimum atomic E-state index is -0.444. The fourth-order valence-corrected chi connectivity index (χ4v) is 4.60. The number of aliphatic imine (C=N–C) groups is 1. The fourth-order valence-electron chi connectivity index (χ4n) is 3.61. The molecule has 0 aliphatic carbocycles. The number of carbonyl (C=O) groups is 3. The number of esters is 1. The van der Waals surface area contributed by atoms with Crippen LogP contribution in [-0.4, -0.2) is 79.3 Å². The standard InChI is InChI=1S/C26H27N3O6S/c1-3-34-23(30)17-35-21-9-4-6-18(14-21)15-22-25(32)28(2)26(36-22)27-20-8-5-7-19(16-20)24(31)29-10-12-33-13-11-29/h4-9,14-16H,3,10-13,17H2,1-2H3/b22-15+,27-26?. The van der Waals surface area contributed by atoms with Crippen LogP contribution in [0.3, 0.4) is 0 Å². The van der Waals surface area contributed by atoms with Crippen LogP contribution in [0.2, 0.25) is 0 Å². The second-order valence-electron chi connectivity index (χ2n) is 7.99. The molecule has 2 fully saturated rings. The molecule has 2 aliphatic rings. The van der Waals surface area contributed by atoms with Crippen LogP contribution >= 0.6 is 11.8 Å². The lowest BCUT2D eigenvalue weighted by molar-refractivity contribution is -0.145. The van der Waals surface area contributed by atoms with Gasteiger partial charge in [0.15, 0.2) is 11.8 Å². The molecule has 36 heavy (non-hydrogen) atoms. The summed E-state index contributed by atoms with van der Waals surface area (Å²) in [6.45, 7) is 4.03. The predicted octanol–water partition coefficient (Wildman–Crippen LogP) is 3.33. The highest BCUT2D eigenvalue weighted by Crippen LogP contribution is 2.33. The quantitative estimate of drug-likeness (QED) is 0.417. The van der Waals surface area contributed by atoms with E-state index in [1.807, 2.05) is 6.07 Å². The van der Waals surface area contributed by atoms with Crippen LogP contribution in [0.15, 0.2) is 58.4 Å². The third-order valence-corrected chi connectivity index (χ3v) is 6.50. The minimum absolute atomic E-state index is 0.0606. The first-order valence-electron chi connectivity index (χ1n) is 11.6. The van der Waals surface area contributed by atoms with E-state index < -0.39 is 5.97 Å². The lowest BCUT2D eigenvalue weighted by Crippen LogP contribution is -2.40.